The summed E-state index contributed by atoms with van der Waals surface area (Å²) in [5.41, 5.74) is -2.40. The van der Waals surface area contributed by atoms with Gasteiger partial charge in [0.1, 0.15) is 0 Å². The van der Waals surface area contributed by atoms with Crippen molar-refractivity contribution >= 4 is 17.5 Å². The Labute approximate surface area is 177 Å². The molecule has 3 rings (SSSR count). The minimum Gasteiger partial charge on any atom is -0.341 e. The first kappa shape index (κ1) is 23.4. The molecule has 2 aliphatic rings. The number of hydrogen-bond donors (Lipinski definition) is 2. The van der Waals surface area contributed by atoms with Gasteiger partial charge in [-0.05, 0) is 49.9 Å². The summed E-state index contributed by atoms with van der Waals surface area (Å²) in [5, 5.41) is 5.51. The Balaban J connectivity index is 1.61. The van der Waals surface area contributed by atoms with Crippen LogP contribution in [0.4, 0.5) is 27.6 Å². The van der Waals surface area contributed by atoms with Crippen molar-refractivity contribution in [3.05, 3.63) is 29.3 Å². The average Bonchev–Trinajstić information content (AvgIpc) is 3.14. The molecule has 10 heteroatoms. The topological polar surface area (TPSA) is 61.4 Å². The van der Waals surface area contributed by atoms with E-state index in [1.165, 1.54) is 0 Å². The summed E-state index contributed by atoms with van der Waals surface area (Å²) in [5.74, 6) is -4.18. The van der Waals surface area contributed by atoms with E-state index in [0.717, 1.165) is 31.9 Å². The van der Waals surface area contributed by atoms with Crippen LogP contribution in [0.2, 0.25) is 0 Å². The third-order valence-electron chi connectivity index (χ3n) is 5.73. The maximum Gasteiger partial charge on any atom is 0.416 e. The molecule has 2 heterocycles. The summed E-state index contributed by atoms with van der Waals surface area (Å²) in [7, 11) is 0. The maximum atomic E-state index is 13.6. The van der Waals surface area contributed by atoms with Gasteiger partial charge in [-0.1, -0.05) is 6.42 Å². The number of carbonyl (C=O) groups is 2. The molecule has 0 aliphatic carbocycles. The highest BCUT2D eigenvalue weighted by molar-refractivity contribution is 5.91. The molecule has 2 aliphatic heterocycles. The molecule has 2 unspecified atom stereocenters. The molecule has 1 aromatic rings. The highest BCUT2D eigenvalue weighted by Crippen LogP contribution is 2.36. The smallest absolute Gasteiger partial charge is 0.341 e. The van der Waals surface area contributed by atoms with Gasteiger partial charge in [0.25, 0.3) is 5.92 Å². The third kappa shape index (κ3) is 6.15. The van der Waals surface area contributed by atoms with Crippen LogP contribution in [0, 0.1) is 5.92 Å². The quantitative estimate of drug-likeness (QED) is 0.668. The summed E-state index contributed by atoms with van der Waals surface area (Å²) in [6.45, 7) is 2.21. The fourth-order valence-corrected chi connectivity index (χ4v) is 4.07. The van der Waals surface area contributed by atoms with E-state index >= 15 is 0 Å². The summed E-state index contributed by atoms with van der Waals surface area (Å²) in [6, 6.07) is 1.68. The largest absolute Gasteiger partial charge is 0.416 e. The number of amides is 2. The van der Waals surface area contributed by atoms with E-state index in [9.17, 15) is 31.5 Å². The Morgan fingerprint density at radius 2 is 1.81 bits per heavy atom. The molecule has 0 spiro atoms. The second-order valence-electron chi connectivity index (χ2n) is 8.38. The number of anilines is 1. The van der Waals surface area contributed by atoms with Crippen molar-refractivity contribution in [3.63, 3.8) is 0 Å². The van der Waals surface area contributed by atoms with Gasteiger partial charge in [-0.3, -0.25) is 9.59 Å². The predicted octanol–water partition coefficient (Wildman–Crippen LogP) is 4.14. The van der Waals surface area contributed by atoms with Crippen molar-refractivity contribution in [1.29, 1.82) is 0 Å². The number of halogens is 5. The van der Waals surface area contributed by atoms with Crippen molar-refractivity contribution in [3.8, 4) is 0 Å². The molecule has 2 amide bonds. The Morgan fingerprint density at radius 1 is 1.10 bits per heavy atom. The van der Waals surface area contributed by atoms with E-state index in [-0.39, 0.29) is 30.0 Å². The number of piperidine rings is 1. The number of benzene rings is 1. The van der Waals surface area contributed by atoms with E-state index in [2.05, 4.69) is 10.6 Å². The summed E-state index contributed by atoms with van der Waals surface area (Å²) < 4.78 is 66.5. The molecule has 31 heavy (non-hydrogen) atoms. The molecule has 2 N–H and O–H groups in total. The molecular formula is C21H26F5N3O2. The lowest BCUT2D eigenvalue weighted by atomic mass is 10.0. The second-order valence-corrected chi connectivity index (χ2v) is 8.38. The van der Waals surface area contributed by atoms with Gasteiger partial charge < -0.3 is 15.5 Å². The summed E-state index contributed by atoms with van der Waals surface area (Å²) in [4.78, 5) is 26.7. The van der Waals surface area contributed by atoms with E-state index < -0.39 is 29.1 Å². The van der Waals surface area contributed by atoms with Crippen LogP contribution in [0.15, 0.2) is 18.2 Å². The van der Waals surface area contributed by atoms with Gasteiger partial charge in [-0.25, -0.2) is 8.78 Å². The highest BCUT2D eigenvalue weighted by Gasteiger charge is 2.35. The zero-order chi connectivity index (χ0) is 22.8. The molecule has 0 saturated carbocycles. The molecule has 0 bridgehead atoms. The molecule has 5 nitrogen and oxygen atoms in total. The fraction of sp³-hybridized carbons (Fsp3) is 0.619. The van der Waals surface area contributed by atoms with Crippen LogP contribution in [0.25, 0.3) is 0 Å². The minimum atomic E-state index is -4.82. The van der Waals surface area contributed by atoms with Crippen LogP contribution in [0.5, 0.6) is 0 Å². The van der Waals surface area contributed by atoms with Crippen LogP contribution in [0.1, 0.15) is 50.2 Å². The fourth-order valence-electron chi connectivity index (χ4n) is 4.07. The lowest BCUT2D eigenvalue weighted by Crippen LogP contribution is -2.47. The normalized spacial score (nSPS) is 22.5. The van der Waals surface area contributed by atoms with Crippen molar-refractivity contribution < 1.29 is 31.5 Å². The standard InChI is InChI=1S/C21H26F5N3O2/c1-20(22,23)14-9-15(21(24,25)26)11-16(10-14)28-18(30)8-13-5-7-29(12-13)19(31)17-4-2-3-6-27-17/h9-11,13,17,27H,2-8,12H2,1H3,(H,28,30). The predicted molar refractivity (Wildman–Crippen MR) is 105 cm³/mol. The first-order valence-corrected chi connectivity index (χ1v) is 10.4. The van der Waals surface area contributed by atoms with E-state index in [1.54, 1.807) is 4.90 Å². The first-order chi connectivity index (χ1) is 14.4. The molecule has 0 aromatic heterocycles. The lowest BCUT2D eigenvalue weighted by Gasteiger charge is -2.27. The number of alkyl halides is 5. The first-order valence-electron chi connectivity index (χ1n) is 10.4. The Bertz CT molecular complexity index is 784. The van der Waals surface area contributed by atoms with Crippen LogP contribution >= 0.6 is 0 Å². The number of likely N-dealkylation sites (tertiary alicyclic amines) is 1. The number of rotatable bonds is 5. The maximum absolute atomic E-state index is 13.6. The lowest BCUT2D eigenvalue weighted by molar-refractivity contribution is -0.137. The molecular weight excluding hydrogens is 421 g/mol. The van der Waals surface area contributed by atoms with Gasteiger partial charge in [0.15, 0.2) is 0 Å². The van der Waals surface area contributed by atoms with Crippen LogP contribution in [-0.4, -0.2) is 42.4 Å². The second kappa shape index (κ2) is 9.10. The van der Waals surface area contributed by atoms with Crippen molar-refractivity contribution in [2.75, 3.05) is 25.0 Å². The molecule has 172 valence electrons. The Morgan fingerprint density at radius 3 is 2.42 bits per heavy atom. The van der Waals surface area contributed by atoms with Crippen LogP contribution in [0.3, 0.4) is 0 Å². The summed E-state index contributed by atoms with van der Waals surface area (Å²) >= 11 is 0. The Hall–Kier alpha value is -2.23. The van der Waals surface area contributed by atoms with Crippen LogP contribution < -0.4 is 10.6 Å². The minimum absolute atomic E-state index is 0.00400. The van der Waals surface area contributed by atoms with Gasteiger partial charge in [0.2, 0.25) is 11.8 Å². The van der Waals surface area contributed by atoms with Gasteiger partial charge in [-0.2, -0.15) is 13.2 Å². The van der Waals surface area contributed by atoms with Gasteiger partial charge in [0, 0.05) is 37.7 Å². The molecule has 0 radical (unpaired) electrons. The zero-order valence-electron chi connectivity index (χ0n) is 17.2. The van der Waals surface area contributed by atoms with E-state index in [1.807, 2.05) is 0 Å². The highest BCUT2D eigenvalue weighted by atomic mass is 19.4. The molecule has 2 saturated heterocycles. The average molecular weight is 447 g/mol. The third-order valence-corrected chi connectivity index (χ3v) is 5.73. The monoisotopic (exact) mass is 447 g/mol. The molecule has 2 atom stereocenters. The number of nitrogens with zero attached hydrogens (tertiary/aromatic N) is 1. The van der Waals surface area contributed by atoms with Gasteiger partial charge in [-0.15, -0.1) is 0 Å². The Kier molecular flexibility index (Phi) is 6.88. The molecule has 1 aromatic carbocycles. The van der Waals surface area contributed by atoms with E-state index in [4.69, 9.17) is 0 Å². The summed E-state index contributed by atoms with van der Waals surface area (Å²) in [6.07, 6.45) is -1.42. The number of carbonyl (C=O) groups excluding carboxylic acids is 2. The van der Waals surface area contributed by atoms with Crippen LogP contribution in [-0.2, 0) is 21.7 Å². The van der Waals surface area contributed by atoms with Gasteiger partial charge >= 0.3 is 6.18 Å². The number of hydrogen-bond acceptors (Lipinski definition) is 3. The van der Waals surface area contributed by atoms with Crippen molar-refractivity contribution in [2.45, 2.75) is 57.2 Å². The number of nitrogens with one attached hydrogen (secondary N) is 2. The van der Waals surface area contributed by atoms with Crippen molar-refractivity contribution in [2.24, 2.45) is 5.92 Å². The SMILES string of the molecule is CC(F)(F)c1cc(NC(=O)CC2CCN(C(=O)C3CCCCN3)C2)cc(C(F)(F)F)c1. The van der Waals surface area contributed by atoms with E-state index in [0.29, 0.717) is 38.6 Å². The molecule has 2 fully saturated rings. The van der Waals surface area contributed by atoms with Crippen molar-refractivity contribution in [1.82, 2.24) is 10.2 Å². The zero-order valence-corrected chi connectivity index (χ0v) is 17.2. The van der Waals surface area contributed by atoms with Gasteiger partial charge in [0.05, 0.1) is 11.6 Å².